The predicted molar refractivity (Wildman–Crippen MR) is 83.0 cm³/mol. The molecule has 2 aromatic heterocycles. The van der Waals surface area contributed by atoms with Gasteiger partial charge in [0.1, 0.15) is 0 Å². The summed E-state index contributed by atoms with van der Waals surface area (Å²) in [6, 6.07) is 4.17. The molecule has 1 amide bonds. The van der Waals surface area contributed by atoms with Crippen molar-refractivity contribution in [2.45, 2.75) is 6.42 Å². The molecule has 0 N–H and O–H groups in total. The molecule has 1 aliphatic rings. The maximum Gasteiger partial charge on any atom is 0.236 e. The lowest BCUT2D eigenvalue weighted by Gasteiger charge is -2.39. The second kappa shape index (κ2) is 5.48. The third-order valence-corrected chi connectivity index (χ3v) is 4.11. The molecule has 0 unspecified atom stereocenters. The number of hydrogen-bond donors (Lipinski definition) is 0. The van der Waals surface area contributed by atoms with Crippen molar-refractivity contribution in [3.8, 4) is 0 Å². The smallest absolute Gasteiger partial charge is 0.236 e. The largest absolute Gasteiger partial charge is 0.349 e. The van der Waals surface area contributed by atoms with Crippen molar-refractivity contribution in [3.63, 3.8) is 0 Å². The van der Waals surface area contributed by atoms with Gasteiger partial charge in [-0.2, -0.15) is 0 Å². The van der Waals surface area contributed by atoms with E-state index in [9.17, 15) is 4.79 Å². The quantitative estimate of drug-likeness (QED) is 0.846. The molecule has 1 saturated heterocycles. The van der Waals surface area contributed by atoms with Crippen LogP contribution in [0.15, 0.2) is 24.5 Å². The molecule has 21 heavy (non-hydrogen) atoms. The number of fused-ring (bicyclic) bond motifs is 1. The average Bonchev–Trinajstić information content (AvgIpc) is 2.75. The van der Waals surface area contributed by atoms with Crippen molar-refractivity contribution in [1.82, 2.24) is 19.4 Å². The number of likely N-dealkylation sites (tertiary alicyclic amines) is 1. The molecular weight excluding hydrogens is 264 g/mol. The molecule has 112 valence electrons. The predicted octanol–water partition coefficient (Wildman–Crippen LogP) is 1.14. The van der Waals surface area contributed by atoms with Crippen LogP contribution in [0.4, 0.5) is 0 Å². The number of pyridine rings is 1. The zero-order valence-corrected chi connectivity index (χ0v) is 12.9. The Morgan fingerprint density at radius 1 is 1.38 bits per heavy atom. The van der Waals surface area contributed by atoms with Crippen LogP contribution in [0.2, 0.25) is 0 Å². The van der Waals surface area contributed by atoms with Crippen molar-refractivity contribution >= 4 is 16.8 Å². The summed E-state index contributed by atoms with van der Waals surface area (Å²) in [5.74, 6) is 0.755. The minimum atomic E-state index is 0.223. The summed E-state index contributed by atoms with van der Waals surface area (Å²) < 4.78 is 2.13. The summed E-state index contributed by atoms with van der Waals surface area (Å²) in [6.45, 7) is 2.21. The van der Waals surface area contributed by atoms with E-state index in [1.807, 2.05) is 36.2 Å². The van der Waals surface area contributed by atoms with Crippen molar-refractivity contribution in [2.75, 3.05) is 33.7 Å². The number of carbonyl (C=O) groups is 1. The SMILES string of the molecule is CN(C)CC(=O)N1CC(Cc2nccc3ccn(C)c23)C1. The zero-order chi connectivity index (χ0) is 15.0. The average molecular weight is 286 g/mol. The Morgan fingerprint density at radius 2 is 2.14 bits per heavy atom. The van der Waals surface area contributed by atoms with Crippen LogP contribution < -0.4 is 0 Å². The van der Waals surface area contributed by atoms with E-state index < -0.39 is 0 Å². The van der Waals surface area contributed by atoms with Gasteiger partial charge in [-0.15, -0.1) is 0 Å². The van der Waals surface area contributed by atoms with Crippen LogP contribution in [-0.4, -0.2) is 59.0 Å². The number of nitrogens with zero attached hydrogens (tertiary/aromatic N) is 4. The monoisotopic (exact) mass is 286 g/mol. The highest BCUT2D eigenvalue weighted by molar-refractivity contribution is 5.82. The third-order valence-electron chi connectivity index (χ3n) is 4.11. The van der Waals surface area contributed by atoms with Gasteiger partial charge in [0.2, 0.25) is 5.91 Å². The van der Waals surface area contributed by atoms with E-state index in [1.54, 1.807) is 0 Å². The van der Waals surface area contributed by atoms with Crippen LogP contribution >= 0.6 is 0 Å². The lowest BCUT2D eigenvalue weighted by atomic mass is 9.93. The van der Waals surface area contributed by atoms with Gasteiger partial charge in [-0.05, 0) is 38.6 Å². The summed E-state index contributed by atoms with van der Waals surface area (Å²) in [4.78, 5) is 20.3. The number of rotatable bonds is 4. The number of aromatic nitrogens is 2. The van der Waals surface area contributed by atoms with E-state index in [2.05, 4.69) is 28.9 Å². The first kappa shape index (κ1) is 14.1. The molecule has 5 nitrogen and oxygen atoms in total. The highest BCUT2D eigenvalue weighted by Crippen LogP contribution is 2.24. The molecule has 0 bridgehead atoms. The van der Waals surface area contributed by atoms with Gasteiger partial charge in [-0.3, -0.25) is 9.78 Å². The van der Waals surface area contributed by atoms with Gasteiger partial charge >= 0.3 is 0 Å². The van der Waals surface area contributed by atoms with Crippen LogP contribution in [0, 0.1) is 5.92 Å². The lowest BCUT2D eigenvalue weighted by Crippen LogP contribution is -2.53. The summed E-state index contributed by atoms with van der Waals surface area (Å²) in [5, 5.41) is 1.24. The Labute approximate surface area is 125 Å². The van der Waals surface area contributed by atoms with E-state index in [0.717, 1.165) is 25.2 Å². The third kappa shape index (κ3) is 2.78. The molecule has 3 heterocycles. The van der Waals surface area contributed by atoms with Gasteiger partial charge in [-0.1, -0.05) is 0 Å². The molecule has 0 radical (unpaired) electrons. The fourth-order valence-corrected chi connectivity index (χ4v) is 3.02. The number of aryl methyl sites for hydroxylation is 1. The Balaban J connectivity index is 1.64. The van der Waals surface area contributed by atoms with Gasteiger partial charge in [0, 0.05) is 37.9 Å². The lowest BCUT2D eigenvalue weighted by molar-refractivity contribution is -0.138. The molecule has 2 aromatic rings. The normalized spacial score (nSPS) is 15.7. The summed E-state index contributed by atoms with van der Waals surface area (Å²) >= 11 is 0. The van der Waals surface area contributed by atoms with Gasteiger partial charge in [0.25, 0.3) is 0 Å². The molecule has 0 spiro atoms. The van der Waals surface area contributed by atoms with E-state index >= 15 is 0 Å². The van der Waals surface area contributed by atoms with Crippen LogP contribution in [0.25, 0.3) is 10.9 Å². The van der Waals surface area contributed by atoms with Crippen LogP contribution in [0.5, 0.6) is 0 Å². The minimum Gasteiger partial charge on any atom is -0.349 e. The summed E-state index contributed by atoms with van der Waals surface area (Å²) in [5.41, 5.74) is 2.36. The minimum absolute atomic E-state index is 0.223. The number of amides is 1. The van der Waals surface area contributed by atoms with E-state index in [0.29, 0.717) is 12.5 Å². The van der Waals surface area contributed by atoms with Crippen molar-refractivity contribution in [3.05, 3.63) is 30.2 Å². The Hall–Kier alpha value is -1.88. The number of carbonyl (C=O) groups excluding carboxylic acids is 1. The topological polar surface area (TPSA) is 41.4 Å². The van der Waals surface area contributed by atoms with E-state index in [-0.39, 0.29) is 5.91 Å². The van der Waals surface area contributed by atoms with Crippen LogP contribution in [-0.2, 0) is 18.3 Å². The molecule has 0 aromatic carbocycles. The first-order chi connectivity index (χ1) is 10.0. The van der Waals surface area contributed by atoms with Crippen LogP contribution in [0.3, 0.4) is 0 Å². The zero-order valence-electron chi connectivity index (χ0n) is 12.9. The van der Waals surface area contributed by atoms with Crippen molar-refractivity contribution in [1.29, 1.82) is 0 Å². The molecule has 1 aliphatic heterocycles. The van der Waals surface area contributed by atoms with E-state index in [4.69, 9.17) is 0 Å². The Bertz CT molecular complexity index is 655. The first-order valence-electron chi connectivity index (χ1n) is 7.36. The molecular formula is C16H22N4O. The standard InChI is InChI=1S/C16H22N4O/c1-18(2)11-15(21)20-9-12(10-20)8-14-16-13(4-6-17-14)5-7-19(16)3/h4-7,12H,8-11H2,1-3H3. The Morgan fingerprint density at radius 3 is 2.86 bits per heavy atom. The molecule has 0 atom stereocenters. The second-order valence-electron chi connectivity index (χ2n) is 6.23. The maximum atomic E-state index is 11.9. The van der Waals surface area contributed by atoms with Gasteiger partial charge in [0.05, 0.1) is 17.8 Å². The summed E-state index contributed by atoms with van der Waals surface area (Å²) in [6.07, 6.45) is 4.90. The van der Waals surface area contributed by atoms with Crippen molar-refractivity contribution in [2.24, 2.45) is 13.0 Å². The maximum absolute atomic E-state index is 11.9. The van der Waals surface area contributed by atoms with Crippen molar-refractivity contribution < 1.29 is 4.79 Å². The number of likely N-dealkylation sites (N-methyl/N-ethyl adjacent to an activating group) is 1. The molecule has 1 fully saturated rings. The summed E-state index contributed by atoms with van der Waals surface area (Å²) in [7, 11) is 5.91. The van der Waals surface area contributed by atoms with E-state index in [1.165, 1.54) is 10.9 Å². The van der Waals surface area contributed by atoms with Crippen LogP contribution in [0.1, 0.15) is 5.69 Å². The fraction of sp³-hybridized carbons (Fsp3) is 0.500. The molecule has 0 saturated carbocycles. The second-order valence-corrected chi connectivity index (χ2v) is 6.23. The van der Waals surface area contributed by atoms with Gasteiger partial charge in [0.15, 0.2) is 0 Å². The first-order valence-corrected chi connectivity index (χ1v) is 7.36. The molecule has 3 rings (SSSR count). The highest BCUT2D eigenvalue weighted by Gasteiger charge is 2.31. The van der Waals surface area contributed by atoms with Gasteiger partial charge in [-0.25, -0.2) is 0 Å². The fourth-order valence-electron chi connectivity index (χ4n) is 3.02. The highest BCUT2D eigenvalue weighted by atomic mass is 16.2. The number of hydrogen-bond acceptors (Lipinski definition) is 3. The van der Waals surface area contributed by atoms with Gasteiger partial charge < -0.3 is 14.4 Å². The molecule has 5 heteroatoms. The Kier molecular flexibility index (Phi) is 3.68. The molecule has 0 aliphatic carbocycles.